The van der Waals surface area contributed by atoms with Crippen LogP contribution in [-0.4, -0.2) is 36.0 Å². The molecule has 4 rings (SSSR count). The van der Waals surface area contributed by atoms with Crippen molar-refractivity contribution in [1.82, 2.24) is 10.6 Å². The van der Waals surface area contributed by atoms with Gasteiger partial charge in [-0.3, -0.25) is 14.4 Å². The number of hydrogen-bond donors (Lipinski definition) is 2. The predicted octanol–water partition coefficient (Wildman–Crippen LogP) is 3.58. The number of carbonyl (C=O) groups excluding carboxylic acids is 3. The molecule has 0 spiro atoms. The summed E-state index contributed by atoms with van der Waals surface area (Å²) < 4.78 is 5.87. The van der Waals surface area contributed by atoms with Crippen LogP contribution in [-0.2, 0) is 19.1 Å². The lowest BCUT2D eigenvalue weighted by molar-refractivity contribution is -0.163. The molecule has 0 unspecified atom stereocenters. The normalized spacial score (nSPS) is 46.2. The first kappa shape index (κ1) is 22.6. The third kappa shape index (κ3) is 3.89. The van der Waals surface area contributed by atoms with Crippen molar-refractivity contribution in [3.63, 3.8) is 0 Å². The Balaban J connectivity index is 1.56. The quantitative estimate of drug-likeness (QED) is 0.668. The molecular formula is C25H40N2O4. The van der Waals surface area contributed by atoms with Gasteiger partial charge in [0.05, 0.1) is 6.04 Å². The zero-order valence-corrected chi connectivity index (χ0v) is 19.8. The predicted molar refractivity (Wildman–Crippen MR) is 118 cm³/mol. The van der Waals surface area contributed by atoms with E-state index in [2.05, 4.69) is 24.5 Å². The van der Waals surface area contributed by atoms with E-state index in [-0.39, 0.29) is 35.3 Å². The molecule has 0 aliphatic heterocycles. The molecule has 2 N–H and O–H groups in total. The zero-order valence-electron chi connectivity index (χ0n) is 19.8. The van der Waals surface area contributed by atoms with Crippen LogP contribution in [0.15, 0.2) is 0 Å². The highest BCUT2D eigenvalue weighted by Gasteiger charge is 2.63. The van der Waals surface area contributed by atoms with Gasteiger partial charge in [-0.15, -0.1) is 0 Å². The number of fused-ring (bicyclic) bond motifs is 5. The largest absolute Gasteiger partial charge is 0.460 e. The summed E-state index contributed by atoms with van der Waals surface area (Å²) in [6.45, 7) is 9.46. The van der Waals surface area contributed by atoms with Crippen molar-refractivity contribution in [2.75, 3.05) is 0 Å². The summed E-state index contributed by atoms with van der Waals surface area (Å²) in [7, 11) is 0. The van der Waals surface area contributed by atoms with Gasteiger partial charge in [0.1, 0.15) is 6.10 Å². The molecule has 9 atom stereocenters. The third-order valence-corrected chi connectivity index (χ3v) is 9.72. The van der Waals surface area contributed by atoms with Crippen LogP contribution < -0.4 is 10.6 Å². The van der Waals surface area contributed by atoms with Crippen LogP contribution in [0.25, 0.3) is 0 Å². The second kappa shape index (κ2) is 8.08. The molecule has 0 aromatic heterocycles. The zero-order chi connectivity index (χ0) is 22.6. The lowest BCUT2D eigenvalue weighted by atomic mass is 9.45. The first-order valence-electron chi connectivity index (χ1n) is 12.3. The summed E-state index contributed by atoms with van der Waals surface area (Å²) in [4.78, 5) is 35.4. The lowest BCUT2D eigenvalue weighted by Crippen LogP contribution is -2.56. The summed E-state index contributed by atoms with van der Waals surface area (Å²) in [5, 5.41) is 6.28. The van der Waals surface area contributed by atoms with E-state index in [0.29, 0.717) is 35.1 Å². The SMILES string of the molecule is CC(=O)N[C@H]1CC[C@@]2(C)[C@@H](CC[C@@H]3[C@H]2CC[C@@]2(C)[C@@H]3C[C@@H](NC(C)=O)[C@@H]2OC(C)=O)C1. The number of carbonyl (C=O) groups is 3. The van der Waals surface area contributed by atoms with E-state index < -0.39 is 0 Å². The molecule has 6 nitrogen and oxygen atoms in total. The first-order chi connectivity index (χ1) is 14.5. The third-order valence-electron chi connectivity index (χ3n) is 9.72. The highest BCUT2D eigenvalue weighted by molar-refractivity contribution is 5.74. The van der Waals surface area contributed by atoms with Crippen LogP contribution in [0.4, 0.5) is 0 Å². The molecule has 4 saturated carbocycles. The number of amides is 2. The van der Waals surface area contributed by atoms with Gasteiger partial charge >= 0.3 is 5.97 Å². The van der Waals surface area contributed by atoms with Crippen molar-refractivity contribution in [2.45, 2.75) is 104 Å². The van der Waals surface area contributed by atoms with Gasteiger partial charge in [-0.05, 0) is 80.5 Å². The fourth-order valence-corrected chi connectivity index (χ4v) is 8.47. The van der Waals surface area contributed by atoms with Crippen molar-refractivity contribution in [3.05, 3.63) is 0 Å². The Morgan fingerprint density at radius 2 is 1.48 bits per heavy atom. The van der Waals surface area contributed by atoms with Crippen molar-refractivity contribution in [2.24, 2.45) is 34.5 Å². The number of esters is 1. The summed E-state index contributed by atoms with van der Waals surface area (Å²) >= 11 is 0. The monoisotopic (exact) mass is 432 g/mol. The standard InChI is InChI=1S/C25H40N2O4/c1-14(28)26-18-8-10-24(4)17(12-18)6-7-19-20(24)9-11-25(5)21(19)13-22(27-15(2)29)23(25)31-16(3)30/h17-23H,6-13H2,1-5H3,(H,26,28)(H,27,29)/t17-,18-,19+,20+,21+,22+,23-,24-,25-/m0/s1. The molecule has 0 bridgehead atoms. The Hall–Kier alpha value is -1.59. The number of ether oxygens (including phenoxy) is 1. The maximum atomic E-state index is 11.9. The van der Waals surface area contributed by atoms with Crippen LogP contribution in [0.3, 0.4) is 0 Å². The Kier molecular flexibility index (Phi) is 5.89. The van der Waals surface area contributed by atoms with Gasteiger partial charge in [-0.25, -0.2) is 0 Å². The molecule has 2 amide bonds. The van der Waals surface area contributed by atoms with E-state index >= 15 is 0 Å². The fraction of sp³-hybridized carbons (Fsp3) is 0.880. The topological polar surface area (TPSA) is 84.5 Å². The van der Waals surface area contributed by atoms with E-state index in [9.17, 15) is 14.4 Å². The summed E-state index contributed by atoms with van der Waals surface area (Å²) in [6, 6.07) is 0.237. The highest BCUT2D eigenvalue weighted by atomic mass is 16.5. The Morgan fingerprint density at radius 1 is 0.806 bits per heavy atom. The molecule has 174 valence electrons. The van der Waals surface area contributed by atoms with Gasteiger partial charge in [0.15, 0.2) is 0 Å². The molecule has 0 radical (unpaired) electrons. The molecular weight excluding hydrogens is 392 g/mol. The lowest BCUT2D eigenvalue weighted by Gasteiger charge is -2.60. The maximum absolute atomic E-state index is 11.9. The van der Waals surface area contributed by atoms with E-state index in [1.165, 1.54) is 32.6 Å². The van der Waals surface area contributed by atoms with Crippen LogP contribution >= 0.6 is 0 Å². The fourth-order valence-electron chi connectivity index (χ4n) is 8.47. The Labute approximate surface area is 186 Å². The van der Waals surface area contributed by atoms with Gasteiger partial charge in [0.2, 0.25) is 11.8 Å². The molecule has 0 aromatic carbocycles. The van der Waals surface area contributed by atoms with Gasteiger partial charge < -0.3 is 15.4 Å². The Bertz CT molecular complexity index is 754. The number of rotatable bonds is 3. The van der Waals surface area contributed by atoms with Gasteiger partial charge in [0, 0.05) is 32.2 Å². The van der Waals surface area contributed by atoms with Gasteiger partial charge in [0.25, 0.3) is 0 Å². The number of hydrogen-bond acceptors (Lipinski definition) is 4. The Morgan fingerprint density at radius 3 is 2.13 bits per heavy atom. The minimum atomic E-state index is -0.253. The van der Waals surface area contributed by atoms with Crippen LogP contribution in [0, 0.1) is 34.5 Å². The molecule has 4 aliphatic rings. The first-order valence-corrected chi connectivity index (χ1v) is 12.3. The summed E-state index contributed by atoms with van der Waals surface area (Å²) in [5.74, 6) is 2.22. The minimum Gasteiger partial charge on any atom is -0.460 e. The maximum Gasteiger partial charge on any atom is 0.302 e. The minimum absolute atomic E-state index is 0.0482. The van der Waals surface area contributed by atoms with Crippen LogP contribution in [0.2, 0.25) is 0 Å². The smallest absolute Gasteiger partial charge is 0.302 e. The second-order valence-corrected chi connectivity index (χ2v) is 11.4. The second-order valence-electron chi connectivity index (χ2n) is 11.4. The van der Waals surface area contributed by atoms with Crippen molar-refractivity contribution < 1.29 is 19.1 Å². The van der Waals surface area contributed by atoms with E-state index in [1.54, 1.807) is 13.8 Å². The van der Waals surface area contributed by atoms with Crippen molar-refractivity contribution in [1.29, 1.82) is 0 Å². The molecule has 4 fully saturated rings. The van der Waals surface area contributed by atoms with Crippen LogP contribution in [0.1, 0.15) is 86.0 Å². The highest BCUT2D eigenvalue weighted by Crippen LogP contribution is 2.66. The molecule has 0 aromatic rings. The van der Waals surface area contributed by atoms with E-state index in [4.69, 9.17) is 4.74 Å². The molecule has 4 aliphatic carbocycles. The van der Waals surface area contributed by atoms with E-state index in [0.717, 1.165) is 25.7 Å². The molecule has 6 heteroatoms. The number of nitrogens with one attached hydrogen (secondary N) is 2. The van der Waals surface area contributed by atoms with Gasteiger partial charge in [-0.1, -0.05) is 13.8 Å². The van der Waals surface area contributed by atoms with Crippen molar-refractivity contribution in [3.8, 4) is 0 Å². The van der Waals surface area contributed by atoms with Crippen molar-refractivity contribution >= 4 is 17.8 Å². The van der Waals surface area contributed by atoms with Crippen LogP contribution in [0.5, 0.6) is 0 Å². The molecule has 0 heterocycles. The summed E-state index contributed by atoms with van der Waals surface area (Å²) in [6.07, 6.45) is 8.65. The average molecular weight is 433 g/mol. The summed E-state index contributed by atoms with van der Waals surface area (Å²) in [5.41, 5.74) is 0.249. The van der Waals surface area contributed by atoms with Gasteiger partial charge in [-0.2, -0.15) is 0 Å². The average Bonchev–Trinajstić information content (AvgIpc) is 2.92. The molecule has 0 saturated heterocycles. The van der Waals surface area contributed by atoms with E-state index in [1.807, 2.05) is 0 Å². The molecule has 31 heavy (non-hydrogen) atoms.